The molecule has 8 nitrogen and oxygen atoms in total. The molecule has 0 aromatic carbocycles. The van der Waals surface area contributed by atoms with Crippen LogP contribution >= 0.6 is 0 Å². The van der Waals surface area contributed by atoms with Gasteiger partial charge in [-0.2, -0.15) is 5.10 Å². The zero-order valence-corrected chi connectivity index (χ0v) is 11.0. The molecule has 0 atom stereocenters. The number of anilines is 1. The number of aryl methyl sites for hydroxylation is 1. The molecule has 2 rings (SSSR count). The van der Waals surface area contributed by atoms with Crippen molar-refractivity contribution in [3.8, 4) is 0 Å². The predicted molar refractivity (Wildman–Crippen MR) is 70.1 cm³/mol. The van der Waals surface area contributed by atoms with Crippen molar-refractivity contribution in [1.82, 2.24) is 14.7 Å². The smallest absolute Gasteiger partial charge is 0.320 e. The quantitative estimate of drug-likeness (QED) is 0.610. The Morgan fingerprint density at radius 1 is 1.42 bits per heavy atom. The molecule has 0 amide bonds. The van der Waals surface area contributed by atoms with Gasteiger partial charge in [0.15, 0.2) is 5.69 Å². The Hall–Kier alpha value is -1.96. The molecule has 2 N–H and O–H groups in total. The SMILES string of the molecule is Cc1nn(C2CCN(C)CC2)c(=O)c(N)c1[N+](=O)[O-]. The van der Waals surface area contributed by atoms with Crippen LogP contribution in [0.1, 0.15) is 24.6 Å². The van der Waals surface area contributed by atoms with Gasteiger partial charge < -0.3 is 10.6 Å². The second-order valence-corrected chi connectivity index (χ2v) is 4.89. The maximum Gasteiger partial charge on any atom is 0.320 e. The van der Waals surface area contributed by atoms with E-state index in [-0.39, 0.29) is 23.1 Å². The minimum atomic E-state index is -0.655. The number of nitrogen functional groups attached to an aromatic ring is 1. The number of likely N-dealkylation sites (tertiary alicyclic amines) is 1. The van der Waals surface area contributed by atoms with E-state index in [1.165, 1.54) is 11.6 Å². The molecular formula is C11H17N5O3. The predicted octanol–water partition coefficient (Wildman–Crippen LogP) is 0.309. The Bertz CT molecular complexity index is 560. The highest BCUT2D eigenvalue weighted by Gasteiger charge is 2.26. The molecule has 0 spiro atoms. The van der Waals surface area contributed by atoms with E-state index >= 15 is 0 Å². The fraction of sp³-hybridized carbons (Fsp3) is 0.636. The molecule has 0 saturated carbocycles. The Balaban J connectivity index is 2.43. The summed E-state index contributed by atoms with van der Waals surface area (Å²) < 4.78 is 1.31. The van der Waals surface area contributed by atoms with Crippen molar-refractivity contribution in [3.63, 3.8) is 0 Å². The summed E-state index contributed by atoms with van der Waals surface area (Å²) >= 11 is 0. The van der Waals surface area contributed by atoms with Gasteiger partial charge in [-0.1, -0.05) is 0 Å². The van der Waals surface area contributed by atoms with E-state index in [1.54, 1.807) is 0 Å². The number of nitrogens with zero attached hydrogens (tertiary/aromatic N) is 4. The Kier molecular flexibility index (Phi) is 3.52. The van der Waals surface area contributed by atoms with Gasteiger partial charge in [0.1, 0.15) is 5.69 Å². The van der Waals surface area contributed by atoms with E-state index in [0.717, 1.165) is 25.9 Å². The van der Waals surface area contributed by atoms with Crippen LogP contribution in [0, 0.1) is 17.0 Å². The standard InChI is InChI=1S/C11H17N5O3/c1-7-10(16(18)19)9(12)11(17)15(13-7)8-3-5-14(2)6-4-8/h8H,3-6,12H2,1-2H3. The molecule has 0 bridgehead atoms. The van der Waals surface area contributed by atoms with Crippen LogP contribution in [0.3, 0.4) is 0 Å². The molecule has 19 heavy (non-hydrogen) atoms. The lowest BCUT2D eigenvalue weighted by Gasteiger charge is -2.29. The van der Waals surface area contributed by atoms with E-state index in [2.05, 4.69) is 10.00 Å². The van der Waals surface area contributed by atoms with E-state index in [4.69, 9.17) is 5.73 Å². The molecule has 0 unspecified atom stereocenters. The van der Waals surface area contributed by atoms with Gasteiger partial charge in [0.05, 0.1) is 11.0 Å². The Morgan fingerprint density at radius 3 is 2.53 bits per heavy atom. The van der Waals surface area contributed by atoms with Gasteiger partial charge in [-0.15, -0.1) is 0 Å². The summed E-state index contributed by atoms with van der Waals surface area (Å²) in [5, 5.41) is 14.9. The first-order valence-electron chi connectivity index (χ1n) is 6.13. The molecule has 104 valence electrons. The second kappa shape index (κ2) is 4.96. The van der Waals surface area contributed by atoms with Crippen molar-refractivity contribution in [1.29, 1.82) is 0 Å². The van der Waals surface area contributed by atoms with Crippen molar-refractivity contribution in [3.05, 3.63) is 26.2 Å². The molecule has 1 aliphatic rings. The lowest BCUT2D eigenvalue weighted by atomic mass is 10.1. The molecule has 1 aromatic rings. The maximum absolute atomic E-state index is 12.1. The number of piperidine rings is 1. The topological polar surface area (TPSA) is 107 Å². The third-order valence-electron chi connectivity index (χ3n) is 3.51. The molecule has 2 heterocycles. The van der Waals surface area contributed by atoms with E-state index in [9.17, 15) is 14.9 Å². The molecule has 8 heteroatoms. The van der Waals surface area contributed by atoms with Crippen LogP contribution in [0.25, 0.3) is 0 Å². The number of rotatable bonds is 2. The molecule has 1 saturated heterocycles. The highest BCUT2D eigenvalue weighted by Crippen LogP contribution is 2.24. The average molecular weight is 267 g/mol. The number of hydrogen-bond donors (Lipinski definition) is 1. The highest BCUT2D eigenvalue weighted by molar-refractivity contribution is 5.58. The van der Waals surface area contributed by atoms with Gasteiger partial charge in [-0.25, -0.2) is 4.68 Å². The van der Waals surface area contributed by atoms with Gasteiger partial charge in [0.25, 0.3) is 5.56 Å². The second-order valence-electron chi connectivity index (χ2n) is 4.89. The lowest BCUT2D eigenvalue weighted by Crippen LogP contribution is -2.37. The average Bonchev–Trinajstić information content (AvgIpc) is 2.34. The molecule has 0 aliphatic carbocycles. The first kappa shape index (κ1) is 13.5. The highest BCUT2D eigenvalue weighted by atomic mass is 16.6. The summed E-state index contributed by atoms with van der Waals surface area (Å²) in [6.45, 7) is 3.24. The minimum Gasteiger partial charge on any atom is -0.389 e. The zero-order chi connectivity index (χ0) is 14.2. The molecule has 1 aliphatic heterocycles. The molecule has 0 radical (unpaired) electrons. The Labute approximate surface area is 110 Å². The maximum atomic E-state index is 12.1. The summed E-state index contributed by atoms with van der Waals surface area (Å²) in [4.78, 5) is 24.5. The van der Waals surface area contributed by atoms with Crippen LogP contribution in [0.4, 0.5) is 11.4 Å². The van der Waals surface area contributed by atoms with Crippen LogP contribution < -0.4 is 11.3 Å². The monoisotopic (exact) mass is 267 g/mol. The molecule has 1 fully saturated rings. The summed E-state index contributed by atoms with van der Waals surface area (Å²) in [6.07, 6.45) is 1.58. The number of aromatic nitrogens is 2. The van der Waals surface area contributed by atoms with Gasteiger partial charge >= 0.3 is 5.69 Å². The van der Waals surface area contributed by atoms with Crippen molar-refractivity contribution < 1.29 is 4.92 Å². The number of nitrogens with two attached hydrogens (primary N) is 1. The largest absolute Gasteiger partial charge is 0.389 e. The first-order chi connectivity index (χ1) is 8.91. The zero-order valence-electron chi connectivity index (χ0n) is 11.0. The van der Waals surface area contributed by atoms with E-state index in [0.29, 0.717) is 0 Å². The third kappa shape index (κ3) is 2.43. The summed E-state index contributed by atoms with van der Waals surface area (Å²) in [5.74, 6) is 0. The van der Waals surface area contributed by atoms with Crippen molar-refractivity contribution in [2.24, 2.45) is 0 Å². The van der Waals surface area contributed by atoms with Gasteiger partial charge in [0, 0.05) is 0 Å². The first-order valence-corrected chi connectivity index (χ1v) is 6.13. The summed E-state index contributed by atoms with van der Waals surface area (Å²) in [7, 11) is 2.02. The van der Waals surface area contributed by atoms with E-state index < -0.39 is 10.5 Å². The van der Waals surface area contributed by atoms with Crippen molar-refractivity contribution in [2.45, 2.75) is 25.8 Å². The minimum absolute atomic E-state index is 0.0366. The fourth-order valence-electron chi connectivity index (χ4n) is 2.39. The van der Waals surface area contributed by atoms with Crippen LogP contribution in [-0.2, 0) is 0 Å². The van der Waals surface area contributed by atoms with E-state index in [1.807, 2.05) is 7.05 Å². The number of hydrogen-bond acceptors (Lipinski definition) is 6. The normalized spacial score (nSPS) is 17.6. The number of nitro groups is 1. The fourth-order valence-corrected chi connectivity index (χ4v) is 2.39. The van der Waals surface area contributed by atoms with Crippen LogP contribution in [0.15, 0.2) is 4.79 Å². The van der Waals surface area contributed by atoms with Crippen LogP contribution in [0.5, 0.6) is 0 Å². The third-order valence-corrected chi connectivity index (χ3v) is 3.51. The van der Waals surface area contributed by atoms with Crippen molar-refractivity contribution >= 4 is 11.4 Å². The van der Waals surface area contributed by atoms with Gasteiger partial charge in [-0.3, -0.25) is 14.9 Å². The molecular weight excluding hydrogens is 250 g/mol. The van der Waals surface area contributed by atoms with Gasteiger partial charge in [0.2, 0.25) is 0 Å². The molecule has 1 aromatic heterocycles. The summed E-state index contributed by atoms with van der Waals surface area (Å²) in [6, 6.07) is -0.0366. The lowest BCUT2D eigenvalue weighted by molar-refractivity contribution is -0.385. The van der Waals surface area contributed by atoms with Gasteiger partial charge in [-0.05, 0) is 39.9 Å². The summed E-state index contributed by atoms with van der Waals surface area (Å²) in [5.41, 5.74) is 4.51. The van der Waals surface area contributed by atoms with Crippen LogP contribution in [0.2, 0.25) is 0 Å². The Morgan fingerprint density at radius 2 is 2.00 bits per heavy atom. The van der Waals surface area contributed by atoms with Crippen molar-refractivity contribution in [2.75, 3.05) is 25.9 Å². The van der Waals surface area contributed by atoms with Crippen LogP contribution in [-0.4, -0.2) is 39.7 Å².